The van der Waals surface area contributed by atoms with E-state index in [4.69, 9.17) is 4.74 Å². The minimum Gasteiger partial charge on any atom is -0.497 e. The zero-order valence-corrected chi connectivity index (χ0v) is 24.0. The van der Waals surface area contributed by atoms with Crippen molar-refractivity contribution in [3.63, 3.8) is 0 Å². The van der Waals surface area contributed by atoms with E-state index in [0.29, 0.717) is 17.0 Å². The molecule has 2 unspecified atom stereocenters. The van der Waals surface area contributed by atoms with E-state index in [9.17, 15) is 27.6 Å². The van der Waals surface area contributed by atoms with Gasteiger partial charge in [-0.2, -0.15) is 18.3 Å². The Kier molecular flexibility index (Phi) is 7.50. The predicted octanol–water partition coefficient (Wildman–Crippen LogP) is 4.82. The van der Waals surface area contributed by atoms with Crippen LogP contribution in [-0.2, 0) is 12.6 Å². The minimum absolute atomic E-state index is 0.0151. The molecule has 1 saturated heterocycles. The molecule has 2 aliphatic rings. The van der Waals surface area contributed by atoms with Gasteiger partial charge >= 0.3 is 6.18 Å². The van der Waals surface area contributed by atoms with Crippen molar-refractivity contribution in [2.24, 2.45) is 0 Å². The van der Waals surface area contributed by atoms with Gasteiger partial charge in [0.15, 0.2) is 5.69 Å². The van der Waals surface area contributed by atoms with Gasteiger partial charge in [-0.3, -0.25) is 14.4 Å². The fraction of sp³-hybridized carbons (Fsp3) is 0.400. The number of hydrogen-bond donors (Lipinski definition) is 0. The van der Waals surface area contributed by atoms with Crippen LogP contribution >= 0.6 is 0 Å². The van der Waals surface area contributed by atoms with Crippen molar-refractivity contribution < 1.29 is 32.3 Å². The summed E-state index contributed by atoms with van der Waals surface area (Å²) in [7, 11) is 4.67. The summed E-state index contributed by atoms with van der Waals surface area (Å²) < 4.78 is 49.0. The third kappa shape index (κ3) is 4.99. The number of likely N-dealkylation sites (tertiary alicyclic amines) is 1. The van der Waals surface area contributed by atoms with Gasteiger partial charge in [0.1, 0.15) is 11.4 Å². The molecule has 0 bridgehead atoms. The number of rotatable bonds is 5. The molecular weight excluding hydrogens is 551 g/mol. The Morgan fingerprint density at radius 3 is 2.24 bits per heavy atom. The van der Waals surface area contributed by atoms with E-state index < -0.39 is 17.8 Å². The highest BCUT2D eigenvalue weighted by Gasteiger charge is 2.44. The van der Waals surface area contributed by atoms with Crippen LogP contribution in [0.5, 0.6) is 5.75 Å². The topological polar surface area (TPSA) is 88.0 Å². The number of benzene rings is 2. The maximum absolute atomic E-state index is 14.2. The monoisotopic (exact) mass is 583 g/mol. The summed E-state index contributed by atoms with van der Waals surface area (Å²) >= 11 is 0. The van der Waals surface area contributed by atoms with E-state index in [1.165, 1.54) is 35.1 Å². The van der Waals surface area contributed by atoms with Crippen LogP contribution in [-0.4, -0.2) is 77.1 Å². The molecule has 0 saturated carbocycles. The van der Waals surface area contributed by atoms with Crippen LogP contribution in [0, 0.1) is 0 Å². The van der Waals surface area contributed by atoms with Gasteiger partial charge in [0.25, 0.3) is 17.7 Å². The molecule has 0 spiro atoms. The van der Waals surface area contributed by atoms with Crippen molar-refractivity contribution in [2.45, 2.75) is 51.4 Å². The van der Waals surface area contributed by atoms with E-state index in [2.05, 4.69) is 5.10 Å². The van der Waals surface area contributed by atoms with E-state index in [1.807, 2.05) is 13.8 Å². The number of methoxy groups -OCH3 is 1. The summed E-state index contributed by atoms with van der Waals surface area (Å²) in [6.45, 7) is 3.84. The zero-order chi connectivity index (χ0) is 30.5. The standard InChI is InChI=1S/C30H32F3N5O4/c1-17-6-7-18(2)37(17)28(40)23-16-21(42-5)12-13-24(23)38-25-22(26(34-38)30(31,32)33)14-15-36(29(25)41)20-10-8-19(9-11-20)27(39)35(3)4/h8-13,16-18H,6-7,14-15H2,1-5H3. The van der Waals surface area contributed by atoms with Crippen molar-refractivity contribution >= 4 is 23.4 Å². The van der Waals surface area contributed by atoms with Crippen molar-refractivity contribution in [3.8, 4) is 11.4 Å². The second-order valence-corrected chi connectivity index (χ2v) is 10.9. The van der Waals surface area contributed by atoms with Gasteiger partial charge in [0, 0.05) is 49.5 Å². The average Bonchev–Trinajstić information content (AvgIpc) is 3.52. The number of anilines is 1. The van der Waals surface area contributed by atoms with Crippen LogP contribution in [0.4, 0.5) is 18.9 Å². The molecule has 5 rings (SSSR count). The van der Waals surface area contributed by atoms with Crippen molar-refractivity contribution in [2.75, 3.05) is 32.6 Å². The number of carbonyl (C=O) groups excluding carboxylic acids is 3. The van der Waals surface area contributed by atoms with Crippen LogP contribution in [0.2, 0.25) is 0 Å². The van der Waals surface area contributed by atoms with Gasteiger partial charge in [0.05, 0.1) is 18.4 Å². The summed E-state index contributed by atoms with van der Waals surface area (Å²) in [5.41, 5.74) is -0.664. The van der Waals surface area contributed by atoms with E-state index >= 15 is 0 Å². The van der Waals surface area contributed by atoms with Gasteiger partial charge in [-0.1, -0.05) is 0 Å². The van der Waals surface area contributed by atoms with Gasteiger partial charge in [-0.15, -0.1) is 0 Å². The van der Waals surface area contributed by atoms with Crippen LogP contribution in [0.15, 0.2) is 42.5 Å². The largest absolute Gasteiger partial charge is 0.497 e. The number of carbonyl (C=O) groups is 3. The maximum Gasteiger partial charge on any atom is 0.435 e. The van der Waals surface area contributed by atoms with Crippen molar-refractivity contribution in [1.29, 1.82) is 0 Å². The first kappa shape index (κ1) is 29.2. The number of alkyl halides is 3. The Bertz CT molecular complexity index is 1540. The zero-order valence-electron chi connectivity index (χ0n) is 24.0. The molecule has 2 atom stereocenters. The lowest BCUT2D eigenvalue weighted by Crippen LogP contribution is -2.40. The van der Waals surface area contributed by atoms with Crippen molar-refractivity contribution in [1.82, 2.24) is 19.6 Å². The Morgan fingerprint density at radius 1 is 1.02 bits per heavy atom. The number of ether oxygens (including phenoxy) is 1. The van der Waals surface area contributed by atoms with Crippen LogP contribution < -0.4 is 9.64 Å². The van der Waals surface area contributed by atoms with Gasteiger partial charge < -0.3 is 19.4 Å². The molecule has 222 valence electrons. The molecule has 0 N–H and O–H groups in total. The Morgan fingerprint density at radius 2 is 1.67 bits per heavy atom. The Balaban J connectivity index is 1.64. The molecule has 3 amide bonds. The molecule has 3 heterocycles. The number of amides is 3. The first-order valence-electron chi connectivity index (χ1n) is 13.7. The molecule has 1 aromatic heterocycles. The molecule has 2 aliphatic heterocycles. The molecule has 0 radical (unpaired) electrons. The second-order valence-electron chi connectivity index (χ2n) is 10.9. The smallest absolute Gasteiger partial charge is 0.435 e. The number of halogens is 3. The van der Waals surface area contributed by atoms with Gasteiger partial charge in [-0.05, 0) is 75.6 Å². The molecule has 42 heavy (non-hydrogen) atoms. The quantitative estimate of drug-likeness (QED) is 0.430. The first-order chi connectivity index (χ1) is 19.8. The van der Waals surface area contributed by atoms with Crippen LogP contribution in [0.25, 0.3) is 5.69 Å². The highest BCUT2D eigenvalue weighted by atomic mass is 19.4. The highest BCUT2D eigenvalue weighted by molar-refractivity contribution is 6.08. The molecule has 3 aromatic rings. The molecular formula is C30H32F3N5O4. The molecule has 1 fully saturated rings. The summed E-state index contributed by atoms with van der Waals surface area (Å²) in [5.74, 6) is -0.942. The molecule has 12 heteroatoms. The lowest BCUT2D eigenvalue weighted by molar-refractivity contribution is -0.141. The average molecular weight is 584 g/mol. The minimum atomic E-state index is -4.82. The lowest BCUT2D eigenvalue weighted by Gasteiger charge is -2.29. The number of nitrogens with zero attached hydrogens (tertiary/aromatic N) is 5. The summed E-state index contributed by atoms with van der Waals surface area (Å²) in [6, 6.07) is 10.6. The van der Waals surface area contributed by atoms with Crippen molar-refractivity contribution in [3.05, 3.63) is 70.5 Å². The SMILES string of the molecule is COc1ccc(-n2nc(C(F)(F)F)c3c2C(=O)N(c2ccc(C(=O)N(C)C)cc2)CC3)c(C(=O)N2C(C)CCC2C)c1. The van der Waals surface area contributed by atoms with E-state index in [-0.39, 0.29) is 59.4 Å². The molecule has 0 aliphatic carbocycles. The fourth-order valence-corrected chi connectivity index (χ4v) is 5.78. The lowest BCUT2D eigenvalue weighted by atomic mass is 10.0. The van der Waals surface area contributed by atoms with E-state index in [1.54, 1.807) is 43.3 Å². The Labute approximate surface area is 241 Å². The number of aromatic nitrogens is 2. The third-order valence-electron chi connectivity index (χ3n) is 7.97. The highest BCUT2D eigenvalue weighted by Crippen LogP contribution is 2.38. The maximum atomic E-state index is 14.2. The summed E-state index contributed by atoms with van der Waals surface area (Å²) in [5, 5.41) is 3.91. The van der Waals surface area contributed by atoms with Gasteiger partial charge in [0.2, 0.25) is 0 Å². The molecule has 9 nitrogen and oxygen atoms in total. The summed E-state index contributed by atoms with van der Waals surface area (Å²) in [4.78, 5) is 44.6. The second kappa shape index (κ2) is 10.8. The number of hydrogen-bond acceptors (Lipinski definition) is 5. The normalized spacial score (nSPS) is 18.7. The molecule has 2 aromatic carbocycles. The third-order valence-corrected chi connectivity index (χ3v) is 7.97. The fourth-order valence-electron chi connectivity index (χ4n) is 5.78. The van der Waals surface area contributed by atoms with Crippen LogP contribution in [0.3, 0.4) is 0 Å². The predicted molar refractivity (Wildman–Crippen MR) is 149 cm³/mol. The van der Waals surface area contributed by atoms with E-state index in [0.717, 1.165) is 17.5 Å². The number of fused-ring (bicyclic) bond motifs is 1. The van der Waals surface area contributed by atoms with Crippen LogP contribution in [0.1, 0.15) is 69.2 Å². The first-order valence-corrected chi connectivity index (χ1v) is 13.7. The Hall–Kier alpha value is -4.35. The summed E-state index contributed by atoms with van der Waals surface area (Å²) in [6.07, 6.45) is -3.32. The van der Waals surface area contributed by atoms with Gasteiger partial charge in [-0.25, -0.2) is 4.68 Å².